The number of hydrogen-bond donors (Lipinski definition) is 2. The second kappa shape index (κ2) is 6.94. The van der Waals surface area contributed by atoms with Gasteiger partial charge < -0.3 is 14.9 Å². The van der Waals surface area contributed by atoms with Crippen LogP contribution in [0, 0.1) is 6.92 Å². The highest BCUT2D eigenvalue weighted by atomic mass is 32.2. The second-order valence-electron chi connectivity index (χ2n) is 4.30. The van der Waals surface area contributed by atoms with Crippen LogP contribution < -0.4 is 5.32 Å². The van der Waals surface area contributed by atoms with E-state index < -0.39 is 5.97 Å². The van der Waals surface area contributed by atoms with Crippen LogP contribution in [-0.4, -0.2) is 27.9 Å². The van der Waals surface area contributed by atoms with Crippen LogP contribution in [0.3, 0.4) is 0 Å². The molecule has 0 bridgehead atoms. The van der Waals surface area contributed by atoms with Gasteiger partial charge in [-0.3, -0.25) is 4.79 Å². The number of anilines is 1. The van der Waals surface area contributed by atoms with E-state index in [1.165, 1.54) is 11.8 Å². The van der Waals surface area contributed by atoms with E-state index in [1.54, 1.807) is 37.3 Å². The molecule has 6 nitrogen and oxygen atoms in total. The fourth-order valence-corrected chi connectivity index (χ4v) is 2.44. The molecule has 0 radical (unpaired) electrons. The lowest BCUT2D eigenvalue weighted by molar-refractivity contribution is -0.115. The summed E-state index contributed by atoms with van der Waals surface area (Å²) in [5.41, 5.74) is 0.249. The largest absolute Gasteiger partial charge is 0.478 e. The number of thioether (sulfide) groups is 1. The normalized spacial score (nSPS) is 10.3. The highest BCUT2D eigenvalue weighted by Gasteiger charge is 2.07. The molecule has 1 heterocycles. The molecule has 110 valence electrons. The zero-order valence-corrected chi connectivity index (χ0v) is 12.1. The van der Waals surface area contributed by atoms with Crippen LogP contribution in [0.25, 0.3) is 0 Å². The summed E-state index contributed by atoms with van der Waals surface area (Å²) in [5, 5.41) is 15.1. The first-order valence-corrected chi connectivity index (χ1v) is 7.22. The van der Waals surface area contributed by atoms with Crippen molar-refractivity contribution in [3.63, 3.8) is 0 Å². The van der Waals surface area contributed by atoms with E-state index in [4.69, 9.17) is 9.63 Å². The monoisotopic (exact) mass is 306 g/mol. The Morgan fingerprint density at radius 2 is 2.05 bits per heavy atom. The van der Waals surface area contributed by atoms with Gasteiger partial charge in [0.1, 0.15) is 5.76 Å². The molecule has 2 aromatic rings. The van der Waals surface area contributed by atoms with E-state index >= 15 is 0 Å². The predicted molar refractivity (Wildman–Crippen MR) is 78.6 cm³/mol. The smallest absolute Gasteiger partial charge is 0.335 e. The molecular formula is C14H14N2O4S. The van der Waals surface area contributed by atoms with E-state index in [9.17, 15) is 9.59 Å². The Balaban J connectivity index is 1.76. The summed E-state index contributed by atoms with van der Waals surface area (Å²) in [5.74, 6) is 0.549. The molecule has 0 unspecified atom stereocenters. The molecule has 0 aliphatic rings. The first-order valence-electron chi connectivity index (χ1n) is 6.24. The Kier molecular flexibility index (Phi) is 4.99. The van der Waals surface area contributed by atoms with Gasteiger partial charge in [-0.2, -0.15) is 0 Å². The summed E-state index contributed by atoms with van der Waals surface area (Å²) < 4.78 is 4.85. The third-order valence-electron chi connectivity index (χ3n) is 2.59. The number of benzene rings is 1. The van der Waals surface area contributed by atoms with Gasteiger partial charge in [-0.15, -0.1) is 11.8 Å². The number of carbonyl (C=O) groups excluding carboxylic acids is 1. The molecule has 0 fully saturated rings. The molecule has 1 aromatic heterocycles. The maximum Gasteiger partial charge on any atom is 0.335 e. The minimum absolute atomic E-state index is 0.141. The number of nitrogens with one attached hydrogen (secondary N) is 1. The number of rotatable bonds is 6. The van der Waals surface area contributed by atoms with E-state index in [2.05, 4.69) is 10.5 Å². The Morgan fingerprint density at radius 1 is 1.33 bits per heavy atom. The molecule has 2 rings (SSSR count). The van der Waals surface area contributed by atoms with Gasteiger partial charge in [-0.05, 0) is 31.2 Å². The van der Waals surface area contributed by atoms with Crippen molar-refractivity contribution in [1.29, 1.82) is 0 Å². The van der Waals surface area contributed by atoms with Gasteiger partial charge in [-0.25, -0.2) is 4.79 Å². The van der Waals surface area contributed by atoms with Gasteiger partial charge in [0.15, 0.2) is 5.82 Å². The van der Waals surface area contributed by atoms with Gasteiger partial charge in [-0.1, -0.05) is 5.16 Å². The molecule has 0 aliphatic heterocycles. The summed E-state index contributed by atoms with van der Waals surface area (Å²) in [6.07, 6.45) is 0.331. The van der Waals surface area contributed by atoms with Crippen LogP contribution in [-0.2, 0) is 4.79 Å². The highest BCUT2D eigenvalue weighted by molar-refractivity contribution is 7.99. The number of amides is 1. The molecule has 7 heteroatoms. The van der Waals surface area contributed by atoms with Crippen molar-refractivity contribution in [2.24, 2.45) is 0 Å². The molecule has 2 N–H and O–H groups in total. The molecule has 1 aromatic carbocycles. The van der Waals surface area contributed by atoms with E-state index in [0.717, 1.165) is 4.90 Å². The predicted octanol–water partition coefficient (Wildman–Crippen LogP) is 2.80. The Morgan fingerprint density at radius 3 is 2.62 bits per heavy atom. The molecule has 0 atom stereocenters. The number of carboxylic acid groups (broad SMARTS) is 1. The van der Waals surface area contributed by atoms with Crippen LogP contribution in [0.1, 0.15) is 22.5 Å². The highest BCUT2D eigenvalue weighted by Crippen LogP contribution is 2.19. The molecule has 1 amide bonds. The summed E-state index contributed by atoms with van der Waals surface area (Å²) in [7, 11) is 0. The van der Waals surface area contributed by atoms with Crippen LogP contribution in [0.5, 0.6) is 0 Å². The van der Waals surface area contributed by atoms with Gasteiger partial charge >= 0.3 is 5.97 Å². The average Bonchev–Trinajstić information content (AvgIpc) is 2.84. The third-order valence-corrected chi connectivity index (χ3v) is 3.61. The van der Waals surface area contributed by atoms with E-state index in [-0.39, 0.29) is 11.5 Å². The van der Waals surface area contributed by atoms with Gasteiger partial charge in [0.05, 0.1) is 5.56 Å². The van der Waals surface area contributed by atoms with Crippen LogP contribution >= 0.6 is 11.8 Å². The Bertz CT molecular complexity index is 637. The molecule has 0 spiro atoms. The van der Waals surface area contributed by atoms with Crippen molar-refractivity contribution in [2.75, 3.05) is 11.1 Å². The maximum atomic E-state index is 11.7. The third kappa shape index (κ3) is 4.64. The summed E-state index contributed by atoms with van der Waals surface area (Å²) in [6, 6.07) is 8.20. The molecule has 21 heavy (non-hydrogen) atoms. The van der Waals surface area contributed by atoms with Crippen molar-refractivity contribution >= 4 is 29.5 Å². The lowest BCUT2D eigenvalue weighted by atomic mass is 10.2. The fraction of sp³-hybridized carbons (Fsp3) is 0.214. The van der Waals surface area contributed by atoms with Crippen LogP contribution in [0.2, 0.25) is 0 Å². The van der Waals surface area contributed by atoms with Crippen molar-refractivity contribution < 1.29 is 19.2 Å². The van der Waals surface area contributed by atoms with Gasteiger partial charge in [0.2, 0.25) is 5.91 Å². The van der Waals surface area contributed by atoms with Crippen molar-refractivity contribution in [1.82, 2.24) is 5.16 Å². The van der Waals surface area contributed by atoms with Crippen molar-refractivity contribution in [3.8, 4) is 0 Å². The standard InChI is InChI=1S/C14H14N2O4S/c1-9-8-12(16-20-9)15-13(17)6-7-21-11-4-2-10(3-5-11)14(18)19/h2-5,8H,6-7H2,1H3,(H,18,19)(H,15,16,17). The minimum atomic E-state index is -0.950. The quantitative estimate of drug-likeness (QED) is 0.797. The number of hydrogen-bond acceptors (Lipinski definition) is 5. The Labute approximate surface area is 125 Å². The van der Waals surface area contributed by atoms with Crippen LogP contribution in [0.4, 0.5) is 5.82 Å². The summed E-state index contributed by atoms with van der Waals surface area (Å²) in [6.45, 7) is 1.75. The number of aromatic nitrogens is 1. The number of aromatic carboxylic acids is 1. The number of carboxylic acids is 1. The zero-order chi connectivity index (χ0) is 15.2. The number of aryl methyl sites for hydroxylation is 1. The lowest BCUT2D eigenvalue weighted by Crippen LogP contribution is -2.12. The molecular weight excluding hydrogens is 292 g/mol. The first kappa shape index (κ1) is 15.1. The first-order chi connectivity index (χ1) is 10.0. The average molecular weight is 306 g/mol. The van der Waals surface area contributed by atoms with E-state index in [0.29, 0.717) is 23.8 Å². The second-order valence-corrected chi connectivity index (χ2v) is 5.47. The number of nitrogens with zero attached hydrogens (tertiary/aromatic N) is 1. The summed E-state index contributed by atoms with van der Waals surface area (Å²) >= 11 is 1.49. The van der Waals surface area contributed by atoms with Crippen molar-refractivity contribution in [3.05, 3.63) is 41.7 Å². The SMILES string of the molecule is Cc1cc(NC(=O)CCSc2ccc(C(=O)O)cc2)no1. The van der Waals surface area contributed by atoms with Gasteiger partial charge in [0, 0.05) is 23.1 Å². The topological polar surface area (TPSA) is 92.4 Å². The molecule has 0 saturated heterocycles. The molecule has 0 saturated carbocycles. The van der Waals surface area contributed by atoms with Gasteiger partial charge in [0.25, 0.3) is 0 Å². The lowest BCUT2D eigenvalue weighted by Gasteiger charge is -2.02. The van der Waals surface area contributed by atoms with Crippen molar-refractivity contribution in [2.45, 2.75) is 18.2 Å². The zero-order valence-electron chi connectivity index (χ0n) is 11.3. The minimum Gasteiger partial charge on any atom is -0.478 e. The molecule has 0 aliphatic carbocycles. The Hall–Kier alpha value is -2.28. The number of carbonyl (C=O) groups is 2. The maximum absolute atomic E-state index is 11.7. The van der Waals surface area contributed by atoms with E-state index in [1.807, 2.05) is 0 Å². The summed E-state index contributed by atoms with van der Waals surface area (Å²) in [4.78, 5) is 23.3. The fourth-order valence-electron chi connectivity index (χ4n) is 1.59. The van der Waals surface area contributed by atoms with Crippen LogP contribution in [0.15, 0.2) is 39.8 Å².